The van der Waals surface area contributed by atoms with Crippen molar-refractivity contribution in [2.75, 3.05) is 49.6 Å². The highest BCUT2D eigenvalue weighted by molar-refractivity contribution is 5.65. The van der Waals surface area contributed by atoms with E-state index in [0.29, 0.717) is 0 Å². The van der Waals surface area contributed by atoms with E-state index in [1.807, 2.05) is 0 Å². The van der Waals surface area contributed by atoms with Gasteiger partial charge in [-0.05, 0) is 24.6 Å². The van der Waals surface area contributed by atoms with Crippen LogP contribution in [0.4, 0.5) is 11.8 Å². The zero-order valence-electron chi connectivity index (χ0n) is 17.0. The molecule has 5 heteroatoms. The number of fused-ring (bicyclic) bond motifs is 1. The largest absolute Gasteiger partial charge is 0.354 e. The Labute approximate surface area is 172 Å². The van der Waals surface area contributed by atoms with E-state index in [-0.39, 0.29) is 0 Å². The fraction of sp³-hybridized carbons (Fsp3) is 0.333. The first kappa shape index (κ1) is 18.1. The van der Waals surface area contributed by atoms with Gasteiger partial charge < -0.3 is 14.7 Å². The van der Waals surface area contributed by atoms with Crippen LogP contribution in [-0.2, 0) is 13.0 Å². The van der Waals surface area contributed by atoms with Crippen LogP contribution in [0.3, 0.4) is 0 Å². The summed E-state index contributed by atoms with van der Waals surface area (Å²) in [6, 6.07) is 21.3. The minimum Gasteiger partial charge on any atom is -0.354 e. The summed E-state index contributed by atoms with van der Waals surface area (Å²) in [4.78, 5) is 17.1. The molecule has 2 aromatic carbocycles. The van der Waals surface area contributed by atoms with Crippen LogP contribution in [0.25, 0.3) is 11.3 Å². The normalized spacial score (nSPS) is 17.3. The summed E-state index contributed by atoms with van der Waals surface area (Å²) in [6.45, 7) is 5.97. The molecule has 0 N–H and O–H groups in total. The Morgan fingerprint density at radius 3 is 2.24 bits per heavy atom. The smallest absolute Gasteiger partial charge is 0.228 e. The fourth-order valence-electron chi connectivity index (χ4n) is 4.18. The van der Waals surface area contributed by atoms with Crippen LogP contribution < -0.4 is 9.80 Å². The van der Waals surface area contributed by atoms with Gasteiger partial charge >= 0.3 is 0 Å². The molecule has 0 saturated carbocycles. The van der Waals surface area contributed by atoms with E-state index in [1.54, 1.807) is 0 Å². The molecule has 0 amide bonds. The predicted octanol–water partition coefficient (Wildman–Crippen LogP) is 3.46. The second-order valence-corrected chi connectivity index (χ2v) is 8.01. The van der Waals surface area contributed by atoms with Gasteiger partial charge in [0.25, 0.3) is 0 Å². The van der Waals surface area contributed by atoms with Gasteiger partial charge in [0.15, 0.2) is 0 Å². The summed E-state index contributed by atoms with van der Waals surface area (Å²) in [6.07, 6.45) is 1.04. The minimum absolute atomic E-state index is 0.842. The number of nitrogens with zero attached hydrogens (tertiary/aromatic N) is 5. The van der Waals surface area contributed by atoms with Gasteiger partial charge in [0.05, 0.1) is 5.69 Å². The molecule has 2 aliphatic rings. The lowest BCUT2D eigenvalue weighted by Crippen LogP contribution is -2.45. The number of piperazine rings is 1. The molecule has 29 heavy (non-hydrogen) atoms. The molecule has 0 radical (unpaired) electrons. The van der Waals surface area contributed by atoms with Crippen molar-refractivity contribution in [3.8, 4) is 11.3 Å². The lowest BCUT2D eigenvalue weighted by atomic mass is 10.0. The second kappa shape index (κ2) is 7.84. The van der Waals surface area contributed by atoms with Crippen molar-refractivity contribution in [1.82, 2.24) is 14.9 Å². The van der Waals surface area contributed by atoms with E-state index in [4.69, 9.17) is 9.97 Å². The van der Waals surface area contributed by atoms with Gasteiger partial charge in [0, 0.05) is 50.9 Å². The van der Waals surface area contributed by atoms with Crippen LogP contribution >= 0.6 is 0 Å². The molecule has 0 bridgehead atoms. The van der Waals surface area contributed by atoms with Crippen molar-refractivity contribution in [3.05, 3.63) is 71.8 Å². The van der Waals surface area contributed by atoms with Crippen molar-refractivity contribution in [2.45, 2.75) is 13.0 Å². The highest BCUT2D eigenvalue weighted by atomic mass is 15.3. The lowest BCUT2D eigenvalue weighted by Gasteiger charge is -2.34. The number of anilines is 2. The Morgan fingerprint density at radius 1 is 0.724 bits per heavy atom. The standard InChI is InChI=1S/C24H27N5/c1-27-13-15-28(16-14-27)23-17-22(20-8-3-2-4-9-20)25-24(26-23)29-12-11-19-7-5-6-10-21(19)18-29/h2-10,17H,11-16,18H2,1H3. The lowest BCUT2D eigenvalue weighted by molar-refractivity contribution is 0.312. The number of aromatic nitrogens is 2. The third-order valence-electron chi connectivity index (χ3n) is 6.01. The summed E-state index contributed by atoms with van der Waals surface area (Å²) in [5.41, 5.74) is 4.98. The van der Waals surface area contributed by atoms with Gasteiger partial charge in [-0.1, -0.05) is 54.6 Å². The molecule has 0 aliphatic carbocycles. The maximum absolute atomic E-state index is 5.03. The number of hydrogen-bond acceptors (Lipinski definition) is 5. The summed E-state index contributed by atoms with van der Waals surface area (Å²) in [5.74, 6) is 1.88. The van der Waals surface area contributed by atoms with Crippen LogP contribution in [0.5, 0.6) is 0 Å². The third-order valence-corrected chi connectivity index (χ3v) is 6.01. The number of hydrogen-bond donors (Lipinski definition) is 0. The Morgan fingerprint density at radius 2 is 1.45 bits per heavy atom. The Hall–Kier alpha value is -2.92. The Bertz CT molecular complexity index is 980. The third kappa shape index (κ3) is 3.83. The maximum Gasteiger partial charge on any atom is 0.228 e. The molecule has 2 aliphatic heterocycles. The van der Waals surface area contributed by atoms with Crippen LogP contribution in [0.15, 0.2) is 60.7 Å². The van der Waals surface area contributed by atoms with E-state index < -0.39 is 0 Å². The molecular weight excluding hydrogens is 358 g/mol. The molecule has 1 aromatic heterocycles. The van der Waals surface area contributed by atoms with Gasteiger partial charge in [-0.15, -0.1) is 0 Å². The zero-order chi connectivity index (χ0) is 19.6. The summed E-state index contributed by atoms with van der Waals surface area (Å²) >= 11 is 0. The molecule has 1 fully saturated rings. The van der Waals surface area contributed by atoms with Gasteiger partial charge in [-0.2, -0.15) is 4.98 Å². The van der Waals surface area contributed by atoms with E-state index in [2.05, 4.69) is 82.4 Å². The van der Waals surface area contributed by atoms with Gasteiger partial charge in [-0.3, -0.25) is 0 Å². The molecule has 5 nitrogen and oxygen atoms in total. The van der Waals surface area contributed by atoms with Gasteiger partial charge in [-0.25, -0.2) is 4.98 Å². The Kier molecular flexibility index (Phi) is 4.90. The molecule has 1 saturated heterocycles. The first-order valence-electron chi connectivity index (χ1n) is 10.5. The van der Waals surface area contributed by atoms with E-state index in [1.165, 1.54) is 11.1 Å². The molecule has 148 valence electrons. The molecule has 3 heterocycles. The van der Waals surface area contributed by atoms with Crippen molar-refractivity contribution in [2.24, 2.45) is 0 Å². The van der Waals surface area contributed by atoms with Crippen LogP contribution in [-0.4, -0.2) is 54.6 Å². The number of rotatable bonds is 3. The topological polar surface area (TPSA) is 35.5 Å². The molecule has 3 aromatic rings. The second-order valence-electron chi connectivity index (χ2n) is 8.01. The minimum atomic E-state index is 0.842. The number of likely N-dealkylation sites (N-methyl/N-ethyl adjacent to an activating group) is 1. The molecule has 0 atom stereocenters. The Balaban J connectivity index is 1.51. The molecule has 0 unspecified atom stereocenters. The van der Waals surface area contributed by atoms with Crippen molar-refractivity contribution < 1.29 is 0 Å². The molecular formula is C24H27N5. The molecule has 5 rings (SSSR count). The van der Waals surface area contributed by atoms with E-state index >= 15 is 0 Å². The zero-order valence-corrected chi connectivity index (χ0v) is 17.0. The maximum atomic E-state index is 5.03. The average Bonchev–Trinajstić information content (AvgIpc) is 2.79. The van der Waals surface area contributed by atoms with Crippen molar-refractivity contribution in [1.29, 1.82) is 0 Å². The predicted molar refractivity (Wildman–Crippen MR) is 118 cm³/mol. The van der Waals surface area contributed by atoms with Crippen molar-refractivity contribution in [3.63, 3.8) is 0 Å². The summed E-state index contributed by atoms with van der Waals surface area (Å²) in [7, 11) is 2.18. The SMILES string of the molecule is CN1CCN(c2cc(-c3ccccc3)nc(N3CCc4ccccc4C3)n2)CC1. The van der Waals surface area contributed by atoms with Gasteiger partial charge in [0.2, 0.25) is 5.95 Å². The fourth-order valence-corrected chi connectivity index (χ4v) is 4.18. The summed E-state index contributed by atoms with van der Waals surface area (Å²) < 4.78 is 0. The van der Waals surface area contributed by atoms with Gasteiger partial charge in [0.1, 0.15) is 5.82 Å². The van der Waals surface area contributed by atoms with E-state index in [0.717, 1.165) is 68.7 Å². The van der Waals surface area contributed by atoms with Crippen molar-refractivity contribution >= 4 is 11.8 Å². The van der Waals surface area contributed by atoms with Crippen LogP contribution in [0.2, 0.25) is 0 Å². The first-order valence-corrected chi connectivity index (χ1v) is 10.5. The highest BCUT2D eigenvalue weighted by Crippen LogP contribution is 2.28. The monoisotopic (exact) mass is 385 g/mol. The van der Waals surface area contributed by atoms with Crippen LogP contribution in [0, 0.1) is 0 Å². The van der Waals surface area contributed by atoms with E-state index in [9.17, 15) is 0 Å². The molecule has 0 spiro atoms. The first-order chi connectivity index (χ1) is 14.3. The number of benzene rings is 2. The quantitative estimate of drug-likeness (QED) is 0.690. The summed E-state index contributed by atoms with van der Waals surface area (Å²) in [5, 5.41) is 0. The average molecular weight is 386 g/mol. The highest BCUT2D eigenvalue weighted by Gasteiger charge is 2.22. The van der Waals surface area contributed by atoms with Crippen LogP contribution in [0.1, 0.15) is 11.1 Å².